The third kappa shape index (κ3) is 2.80. The highest BCUT2D eigenvalue weighted by Crippen LogP contribution is 2.25. The highest BCUT2D eigenvalue weighted by atomic mass is 15.2. The molecule has 3 heteroatoms. The van der Waals surface area contributed by atoms with Crippen molar-refractivity contribution in [3.63, 3.8) is 0 Å². The zero-order valence-electron chi connectivity index (χ0n) is 11.3. The normalized spacial score (nSPS) is 21.7. The lowest BCUT2D eigenvalue weighted by molar-refractivity contribution is 0.367. The average Bonchev–Trinajstić information content (AvgIpc) is 2.45. The Hall–Kier alpha value is -1.77. The summed E-state index contributed by atoms with van der Waals surface area (Å²) < 4.78 is 0. The highest BCUT2D eigenvalue weighted by molar-refractivity contribution is 6.06. The van der Waals surface area contributed by atoms with Gasteiger partial charge in [-0.25, -0.2) is 0 Å². The number of hydrogen-bond donors (Lipinski definition) is 2. The topological polar surface area (TPSA) is 36.4 Å². The summed E-state index contributed by atoms with van der Waals surface area (Å²) in [5.74, 6) is 2.53. The van der Waals surface area contributed by atoms with Gasteiger partial charge < -0.3 is 10.6 Å². The van der Waals surface area contributed by atoms with E-state index < -0.39 is 0 Å². The monoisotopic (exact) mass is 255 g/mol. The van der Waals surface area contributed by atoms with Gasteiger partial charge in [-0.2, -0.15) is 0 Å². The molecule has 0 unspecified atom stereocenters. The van der Waals surface area contributed by atoms with Crippen molar-refractivity contribution < 1.29 is 0 Å². The lowest BCUT2D eigenvalue weighted by Gasteiger charge is -2.25. The summed E-state index contributed by atoms with van der Waals surface area (Å²) in [6, 6.07) is 8.24. The lowest BCUT2D eigenvalue weighted by atomic mass is 9.89. The fourth-order valence-corrected chi connectivity index (χ4v) is 2.92. The number of benzene rings is 1. The fraction of sp³-hybridized carbons (Fsp3) is 0.438. The number of rotatable bonds is 2. The van der Waals surface area contributed by atoms with E-state index in [1.165, 1.54) is 32.1 Å². The quantitative estimate of drug-likeness (QED) is 0.848. The number of amidine groups is 1. The van der Waals surface area contributed by atoms with Crippen LogP contribution < -0.4 is 10.6 Å². The molecule has 0 bridgehead atoms. The van der Waals surface area contributed by atoms with E-state index in [4.69, 9.17) is 4.99 Å². The van der Waals surface area contributed by atoms with Gasteiger partial charge in [0.15, 0.2) is 0 Å². The Kier molecular flexibility index (Phi) is 3.53. The van der Waals surface area contributed by atoms with Gasteiger partial charge in [-0.3, -0.25) is 4.99 Å². The number of fused-ring (bicyclic) bond motifs is 1. The smallest absolute Gasteiger partial charge is 0.135 e. The molecule has 0 radical (unpaired) electrons. The summed E-state index contributed by atoms with van der Waals surface area (Å²) in [5, 5.41) is 6.50. The van der Waals surface area contributed by atoms with Gasteiger partial charge >= 0.3 is 0 Å². The minimum atomic E-state index is 0.762. The molecule has 1 saturated carbocycles. The Morgan fingerprint density at radius 2 is 1.89 bits per heavy atom. The number of nitrogens with zero attached hydrogens (tertiary/aromatic N) is 1. The molecule has 1 aromatic rings. The van der Waals surface area contributed by atoms with Gasteiger partial charge in [0, 0.05) is 12.1 Å². The molecule has 0 amide bonds. The van der Waals surface area contributed by atoms with Crippen LogP contribution in [0.25, 0.3) is 0 Å². The predicted molar refractivity (Wildman–Crippen MR) is 80.3 cm³/mol. The van der Waals surface area contributed by atoms with Crippen LogP contribution in [0.1, 0.15) is 37.7 Å². The van der Waals surface area contributed by atoms with E-state index in [2.05, 4.69) is 29.3 Å². The van der Waals surface area contributed by atoms with Crippen LogP contribution in [0.3, 0.4) is 0 Å². The molecule has 2 aliphatic rings. The first kappa shape index (κ1) is 12.3. The van der Waals surface area contributed by atoms with Crippen molar-refractivity contribution in [3.8, 4) is 0 Å². The molecule has 19 heavy (non-hydrogen) atoms. The maximum Gasteiger partial charge on any atom is 0.135 e. The van der Waals surface area contributed by atoms with Crippen LogP contribution >= 0.6 is 0 Å². The van der Waals surface area contributed by atoms with Gasteiger partial charge in [0.1, 0.15) is 11.7 Å². The number of aliphatic imine (C=N–C) groups is 1. The summed E-state index contributed by atoms with van der Waals surface area (Å²) in [6.07, 6.45) is 6.80. The van der Waals surface area contributed by atoms with Crippen LogP contribution in [-0.2, 0) is 0 Å². The molecule has 3 rings (SSSR count). The van der Waals surface area contributed by atoms with Crippen molar-refractivity contribution in [3.05, 3.63) is 42.2 Å². The van der Waals surface area contributed by atoms with Gasteiger partial charge in [-0.1, -0.05) is 38.0 Å². The average molecular weight is 255 g/mol. The predicted octanol–water partition coefficient (Wildman–Crippen LogP) is 3.50. The van der Waals surface area contributed by atoms with Crippen molar-refractivity contribution in [1.82, 2.24) is 5.32 Å². The molecule has 100 valence electrons. The minimum absolute atomic E-state index is 0.762. The first-order valence-corrected chi connectivity index (χ1v) is 7.20. The van der Waals surface area contributed by atoms with E-state index in [1.807, 2.05) is 12.1 Å². The second-order valence-electron chi connectivity index (χ2n) is 5.47. The molecule has 0 atom stereocenters. The first-order valence-electron chi connectivity index (χ1n) is 7.20. The third-order valence-corrected chi connectivity index (χ3v) is 3.97. The molecule has 1 aliphatic heterocycles. The second-order valence-corrected chi connectivity index (χ2v) is 5.47. The largest absolute Gasteiger partial charge is 0.342 e. The van der Waals surface area contributed by atoms with Gasteiger partial charge in [-0.05, 0) is 30.9 Å². The standard InChI is InChI=1S/C16H21N3/c1-12-18-15-10-6-5-9-14(15)16(19-12)17-11-13-7-3-2-4-8-13/h5-6,9-10,13,18H,1-4,7-8,11H2,(H,17,19). The van der Waals surface area contributed by atoms with Crippen molar-refractivity contribution >= 4 is 11.5 Å². The Bertz CT molecular complexity index is 498. The van der Waals surface area contributed by atoms with E-state index >= 15 is 0 Å². The maximum atomic E-state index is 4.80. The number of nitrogens with one attached hydrogen (secondary N) is 2. The molecule has 0 aromatic heterocycles. The van der Waals surface area contributed by atoms with Crippen molar-refractivity contribution in [1.29, 1.82) is 0 Å². The molecule has 1 heterocycles. The zero-order chi connectivity index (χ0) is 13.1. The maximum absolute atomic E-state index is 4.80. The van der Waals surface area contributed by atoms with Gasteiger partial charge in [0.05, 0.1) is 5.69 Å². The molecular formula is C16H21N3. The van der Waals surface area contributed by atoms with E-state index in [0.717, 1.165) is 35.4 Å². The molecule has 1 fully saturated rings. The Balaban J connectivity index is 1.78. The first-order chi connectivity index (χ1) is 9.33. The molecule has 1 aliphatic carbocycles. The summed E-state index contributed by atoms with van der Waals surface area (Å²) in [7, 11) is 0. The molecule has 3 nitrogen and oxygen atoms in total. The van der Waals surface area contributed by atoms with Crippen molar-refractivity contribution in [2.45, 2.75) is 32.1 Å². The van der Waals surface area contributed by atoms with E-state index in [1.54, 1.807) is 0 Å². The number of hydrogen-bond acceptors (Lipinski definition) is 2. The van der Waals surface area contributed by atoms with E-state index in [-0.39, 0.29) is 0 Å². The molecule has 0 saturated heterocycles. The van der Waals surface area contributed by atoms with Crippen LogP contribution in [0.4, 0.5) is 5.69 Å². The van der Waals surface area contributed by atoms with E-state index in [0.29, 0.717) is 0 Å². The third-order valence-electron chi connectivity index (χ3n) is 3.97. The molecular weight excluding hydrogens is 234 g/mol. The van der Waals surface area contributed by atoms with Crippen LogP contribution in [0.15, 0.2) is 41.7 Å². The molecule has 1 aromatic carbocycles. The summed E-state index contributed by atoms with van der Waals surface area (Å²) in [6.45, 7) is 4.89. The van der Waals surface area contributed by atoms with Crippen molar-refractivity contribution in [2.24, 2.45) is 10.9 Å². The Labute approximate surface area is 114 Å². The zero-order valence-corrected chi connectivity index (χ0v) is 11.3. The number of para-hydroxylation sites is 1. The Morgan fingerprint density at radius 1 is 1.11 bits per heavy atom. The Morgan fingerprint density at radius 3 is 2.74 bits per heavy atom. The van der Waals surface area contributed by atoms with Crippen molar-refractivity contribution in [2.75, 3.05) is 11.9 Å². The lowest BCUT2D eigenvalue weighted by Crippen LogP contribution is -2.33. The molecule has 0 spiro atoms. The second kappa shape index (κ2) is 5.47. The van der Waals surface area contributed by atoms with Gasteiger partial charge in [-0.15, -0.1) is 0 Å². The van der Waals surface area contributed by atoms with Crippen LogP contribution in [0, 0.1) is 5.92 Å². The van der Waals surface area contributed by atoms with Gasteiger partial charge in [0.2, 0.25) is 0 Å². The summed E-state index contributed by atoms with van der Waals surface area (Å²) in [4.78, 5) is 4.80. The summed E-state index contributed by atoms with van der Waals surface area (Å²) in [5.41, 5.74) is 2.24. The van der Waals surface area contributed by atoms with Crippen LogP contribution in [0.5, 0.6) is 0 Å². The van der Waals surface area contributed by atoms with Crippen LogP contribution in [0.2, 0.25) is 0 Å². The highest BCUT2D eigenvalue weighted by Gasteiger charge is 2.17. The molecule has 2 N–H and O–H groups in total. The minimum Gasteiger partial charge on any atom is -0.342 e. The van der Waals surface area contributed by atoms with Crippen LogP contribution in [-0.4, -0.2) is 12.4 Å². The van der Waals surface area contributed by atoms with E-state index in [9.17, 15) is 0 Å². The SMILES string of the molecule is C=C1NC(=NCC2CCCCC2)c2ccccc2N1. The summed E-state index contributed by atoms with van der Waals surface area (Å²) >= 11 is 0. The number of anilines is 1. The van der Waals surface area contributed by atoms with Gasteiger partial charge in [0.25, 0.3) is 0 Å². The fourth-order valence-electron chi connectivity index (χ4n) is 2.92.